The van der Waals surface area contributed by atoms with Crippen LogP contribution in [0.2, 0.25) is 0 Å². The van der Waals surface area contributed by atoms with Gasteiger partial charge in [-0.05, 0) is 36.3 Å². The van der Waals surface area contributed by atoms with E-state index in [1.54, 1.807) is 36.5 Å². The van der Waals surface area contributed by atoms with Gasteiger partial charge >= 0.3 is 5.97 Å². The molecule has 3 aromatic heterocycles. The number of fused-ring (bicyclic) bond motifs is 1. The summed E-state index contributed by atoms with van der Waals surface area (Å²) in [5.74, 6) is 4.82. The number of nitrogens with one attached hydrogen (secondary N) is 1. The minimum Gasteiger partial charge on any atom is -0.479 e. The quantitative estimate of drug-likeness (QED) is 0.484. The van der Waals surface area contributed by atoms with Crippen LogP contribution in [0.25, 0.3) is 5.65 Å². The fourth-order valence-electron chi connectivity index (χ4n) is 2.80. The predicted octanol–water partition coefficient (Wildman–Crippen LogP) is 1.88. The van der Waals surface area contributed by atoms with Gasteiger partial charge in [-0.3, -0.25) is 9.20 Å². The number of carboxylic acids is 1. The average Bonchev–Trinajstić information content (AvgIpc) is 3.21. The fraction of sp³-hybridized carbons (Fsp3) is 0.0476. The summed E-state index contributed by atoms with van der Waals surface area (Å²) in [4.78, 5) is 31.7. The minimum atomic E-state index is -1.10. The molecule has 0 bridgehead atoms. The zero-order chi connectivity index (χ0) is 21.8. The zero-order valence-electron chi connectivity index (χ0n) is 16.1. The SMILES string of the molecule is COc1ncncc1NC(=O)c1cccc(C#Cc2nnc3c(C(=O)O)cccn23)c1. The maximum Gasteiger partial charge on any atom is 0.339 e. The van der Waals surface area contributed by atoms with Gasteiger partial charge in [0.05, 0.1) is 13.3 Å². The highest BCUT2D eigenvalue weighted by Gasteiger charge is 2.13. The van der Waals surface area contributed by atoms with E-state index in [1.807, 2.05) is 0 Å². The van der Waals surface area contributed by atoms with Crippen LogP contribution in [0.4, 0.5) is 5.69 Å². The molecule has 3 heterocycles. The maximum absolute atomic E-state index is 12.6. The summed E-state index contributed by atoms with van der Waals surface area (Å²) in [6.07, 6.45) is 4.39. The van der Waals surface area contributed by atoms with E-state index in [0.717, 1.165) is 0 Å². The summed E-state index contributed by atoms with van der Waals surface area (Å²) in [5.41, 5.74) is 1.51. The molecule has 0 saturated heterocycles. The van der Waals surface area contributed by atoms with Crippen LogP contribution in [0.5, 0.6) is 5.88 Å². The number of carbonyl (C=O) groups is 2. The first-order valence-corrected chi connectivity index (χ1v) is 8.91. The van der Waals surface area contributed by atoms with Gasteiger partial charge in [-0.25, -0.2) is 9.78 Å². The Balaban J connectivity index is 1.60. The molecule has 31 heavy (non-hydrogen) atoms. The van der Waals surface area contributed by atoms with Crippen molar-refractivity contribution in [2.45, 2.75) is 0 Å². The number of aromatic nitrogens is 5. The number of carboxylic acid groups (broad SMARTS) is 1. The molecule has 0 spiro atoms. The number of anilines is 1. The summed E-state index contributed by atoms with van der Waals surface area (Å²) in [7, 11) is 1.45. The highest BCUT2D eigenvalue weighted by atomic mass is 16.5. The first-order valence-electron chi connectivity index (χ1n) is 8.91. The Labute approximate surface area is 175 Å². The van der Waals surface area contributed by atoms with Gasteiger partial charge in [-0.1, -0.05) is 12.0 Å². The van der Waals surface area contributed by atoms with Gasteiger partial charge in [0.1, 0.15) is 17.6 Å². The molecule has 10 nitrogen and oxygen atoms in total. The Hall–Kier alpha value is -4.78. The van der Waals surface area contributed by atoms with Gasteiger partial charge in [0.15, 0.2) is 5.65 Å². The first-order chi connectivity index (χ1) is 15.1. The Bertz CT molecular complexity index is 1370. The van der Waals surface area contributed by atoms with Crippen molar-refractivity contribution in [1.29, 1.82) is 0 Å². The van der Waals surface area contributed by atoms with Crippen LogP contribution < -0.4 is 10.1 Å². The van der Waals surface area contributed by atoms with Crippen molar-refractivity contribution in [3.63, 3.8) is 0 Å². The van der Waals surface area contributed by atoms with E-state index in [2.05, 4.69) is 37.3 Å². The number of aromatic carboxylic acids is 1. The number of rotatable bonds is 4. The number of amides is 1. The number of nitrogens with zero attached hydrogens (tertiary/aromatic N) is 5. The van der Waals surface area contributed by atoms with E-state index in [-0.39, 0.29) is 28.8 Å². The lowest BCUT2D eigenvalue weighted by molar-refractivity contribution is 0.0698. The molecule has 4 rings (SSSR count). The smallest absolute Gasteiger partial charge is 0.339 e. The van der Waals surface area contributed by atoms with Crippen molar-refractivity contribution >= 4 is 23.2 Å². The Morgan fingerprint density at radius 1 is 1.16 bits per heavy atom. The van der Waals surface area contributed by atoms with Crippen molar-refractivity contribution in [2.24, 2.45) is 0 Å². The van der Waals surface area contributed by atoms with Gasteiger partial charge < -0.3 is 15.2 Å². The van der Waals surface area contributed by atoms with Crippen molar-refractivity contribution in [3.8, 4) is 17.7 Å². The molecule has 2 N–H and O–H groups in total. The highest BCUT2D eigenvalue weighted by molar-refractivity contribution is 6.05. The van der Waals surface area contributed by atoms with Gasteiger partial charge in [0.2, 0.25) is 11.7 Å². The lowest BCUT2D eigenvalue weighted by Crippen LogP contribution is -2.13. The van der Waals surface area contributed by atoms with Crippen LogP contribution in [-0.4, -0.2) is 48.7 Å². The van der Waals surface area contributed by atoms with Crippen LogP contribution in [0.1, 0.15) is 32.1 Å². The molecule has 152 valence electrons. The Kier molecular flexibility index (Phi) is 5.23. The van der Waals surface area contributed by atoms with Crippen molar-refractivity contribution in [3.05, 3.63) is 77.6 Å². The lowest BCUT2D eigenvalue weighted by atomic mass is 10.1. The molecule has 10 heteroatoms. The normalized spacial score (nSPS) is 10.2. The molecule has 0 radical (unpaired) electrons. The number of carbonyl (C=O) groups excluding carboxylic acids is 1. The second kappa shape index (κ2) is 8.30. The van der Waals surface area contributed by atoms with E-state index in [0.29, 0.717) is 16.8 Å². The molecular weight excluding hydrogens is 400 g/mol. The van der Waals surface area contributed by atoms with Crippen LogP contribution in [0.3, 0.4) is 0 Å². The Morgan fingerprint density at radius 3 is 2.84 bits per heavy atom. The van der Waals surface area contributed by atoms with E-state index in [9.17, 15) is 14.7 Å². The summed E-state index contributed by atoms with van der Waals surface area (Å²) < 4.78 is 6.60. The number of hydrogen-bond donors (Lipinski definition) is 2. The molecular formula is C21H14N6O4. The number of pyridine rings is 1. The number of methoxy groups -OCH3 is 1. The summed E-state index contributed by atoms with van der Waals surface area (Å²) in [5, 5.41) is 19.8. The minimum absolute atomic E-state index is 0.0297. The molecule has 4 aromatic rings. The van der Waals surface area contributed by atoms with Crippen LogP contribution in [0.15, 0.2) is 55.1 Å². The van der Waals surface area contributed by atoms with Crippen molar-refractivity contribution in [1.82, 2.24) is 24.6 Å². The highest BCUT2D eigenvalue weighted by Crippen LogP contribution is 2.19. The second-order valence-corrected chi connectivity index (χ2v) is 6.17. The van der Waals surface area contributed by atoms with E-state index in [1.165, 1.54) is 30.1 Å². The zero-order valence-corrected chi connectivity index (χ0v) is 16.1. The standard InChI is InChI=1S/C21H14N6O4/c1-31-20-16(11-22-12-23-20)24-19(28)14-5-2-4-13(10-14)7-8-17-25-26-18-15(21(29)30)6-3-9-27(17)18/h2-6,9-12H,1H3,(H,24,28)(H,29,30). The van der Waals surface area contributed by atoms with Gasteiger partial charge in [-0.2, -0.15) is 4.98 Å². The second-order valence-electron chi connectivity index (χ2n) is 6.17. The summed E-state index contributed by atoms with van der Waals surface area (Å²) >= 11 is 0. The van der Waals surface area contributed by atoms with Crippen molar-refractivity contribution in [2.75, 3.05) is 12.4 Å². The third-order valence-corrected chi connectivity index (χ3v) is 4.23. The molecule has 0 atom stereocenters. The van der Waals surface area contributed by atoms with Crippen LogP contribution in [0, 0.1) is 11.8 Å². The molecule has 0 aliphatic carbocycles. The van der Waals surface area contributed by atoms with Crippen LogP contribution in [-0.2, 0) is 0 Å². The third-order valence-electron chi connectivity index (χ3n) is 4.23. The molecule has 0 fully saturated rings. The first kappa shape index (κ1) is 19.5. The molecule has 0 aliphatic heterocycles. The summed E-state index contributed by atoms with van der Waals surface area (Å²) in [6, 6.07) is 9.72. The van der Waals surface area contributed by atoms with Crippen molar-refractivity contribution < 1.29 is 19.4 Å². The lowest BCUT2D eigenvalue weighted by Gasteiger charge is -2.08. The molecule has 0 unspecified atom stereocenters. The Morgan fingerprint density at radius 2 is 2.03 bits per heavy atom. The number of ether oxygens (including phenoxy) is 1. The molecule has 1 amide bonds. The maximum atomic E-state index is 12.6. The van der Waals surface area contributed by atoms with E-state index in [4.69, 9.17) is 4.74 Å². The largest absolute Gasteiger partial charge is 0.479 e. The monoisotopic (exact) mass is 414 g/mol. The molecule has 0 aliphatic rings. The van der Waals surface area contributed by atoms with Crippen LogP contribution >= 0.6 is 0 Å². The third kappa shape index (κ3) is 4.01. The summed E-state index contributed by atoms with van der Waals surface area (Å²) in [6.45, 7) is 0. The van der Waals surface area contributed by atoms with E-state index < -0.39 is 5.97 Å². The molecule has 1 aromatic carbocycles. The van der Waals surface area contributed by atoms with E-state index >= 15 is 0 Å². The van der Waals surface area contributed by atoms with Gasteiger partial charge in [-0.15, -0.1) is 10.2 Å². The molecule has 0 saturated carbocycles. The van der Waals surface area contributed by atoms with Gasteiger partial charge in [0, 0.05) is 17.3 Å². The number of benzene rings is 1. The average molecular weight is 414 g/mol. The predicted molar refractivity (Wildman–Crippen MR) is 109 cm³/mol. The topological polar surface area (TPSA) is 132 Å². The number of hydrogen-bond acceptors (Lipinski definition) is 7. The van der Waals surface area contributed by atoms with Gasteiger partial charge in [0.25, 0.3) is 5.91 Å². The fourth-order valence-corrected chi connectivity index (χ4v) is 2.80.